The van der Waals surface area contributed by atoms with Crippen molar-refractivity contribution >= 4 is 5.97 Å². The van der Waals surface area contributed by atoms with Gasteiger partial charge in [0.25, 0.3) is 0 Å². The first-order valence-corrected chi connectivity index (χ1v) is 4.43. The summed E-state index contributed by atoms with van der Waals surface area (Å²) in [5, 5.41) is 0. The highest BCUT2D eigenvalue weighted by Gasteiger charge is 2.42. The van der Waals surface area contributed by atoms with Crippen LogP contribution in [0.1, 0.15) is 32.6 Å². The van der Waals surface area contributed by atoms with Gasteiger partial charge in [-0.3, -0.25) is 4.79 Å². The highest BCUT2D eigenvalue weighted by molar-refractivity contribution is 5.70. The summed E-state index contributed by atoms with van der Waals surface area (Å²) in [4.78, 5) is 11.0. The summed E-state index contributed by atoms with van der Waals surface area (Å²) >= 11 is 0. The Morgan fingerprint density at radius 2 is 2.25 bits per heavy atom. The zero-order valence-corrected chi connectivity index (χ0v) is 7.80. The fourth-order valence-electron chi connectivity index (χ4n) is 1.78. The zero-order chi connectivity index (χ0) is 9.19. The van der Waals surface area contributed by atoms with Crippen LogP contribution in [0.15, 0.2) is 0 Å². The van der Waals surface area contributed by atoms with E-state index in [0.717, 1.165) is 12.8 Å². The molecule has 0 radical (unpaired) electrons. The van der Waals surface area contributed by atoms with Crippen molar-refractivity contribution < 1.29 is 9.53 Å². The van der Waals surface area contributed by atoms with Crippen molar-refractivity contribution in [3.63, 3.8) is 0 Å². The van der Waals surface area contributed by atoms with E-state index in [0.29, 0.717) is 6.42 Å². The predicted molar refractivity (Wildman–Crippen MR) is 46.6 cm³/mol. The van der Waals surface area contributed by atoms with Gasteiger partial charge in [-0.2, -0.15) is 0 Å². The molecule has 70 valence electrons. The minimum absolute atomic E-state index is 0.0487. The van der Waals surface area contributed by atoms with Crippen molar-refractivity contribution in [2.45, 2.75) is 38.6 Å². The summed E-state index contributed by atoms with van der Waals surface area (Å²) in [6.45, 7) is 1.97. The molecule has 1 rings (SSSR count). The van der Waals surface area contributed by atoms with Crippen molar-refractivity contribution in [2.75, 3.05) is 7.11 Å². The summed E-state index contributed by atoms with van der Waals surface area (Å²) in [7, 11) is 1.43. The Kier molecular flexibility index (Phi) is 2.73. The third-order valence-corrected chi connectivity index (χ3v) is 3.04. The van der Waals surface area contributed by atoms with Crippen LogP contribution in [0.5, 0.6) is 0 Å². The lowest BCUT2D eigenvalue weighted by Crippen LogP contribution is -2.46. The highest BCUT2D eigenvalue weighted by atomic mass is 16.5. The molecule has 1 aliphatic carbocycles. The number of methoxy groups -OCH3 is 1. The molecule has 1 fully saturated rings. The van der Waals surface area contributed by atoms with E-state index in [4.69, 9.17) is 5.73 Å². The molecule has 12 heavy (non-hydrogen) atoms. The van der Waals surface area contributed by atoms with E-state index in [2.05, 4.69) is 4.74 Å². The second-order valence-electron chi connectivity index (χ2n) is 3.76. The lowest BCUT2D eigenvalue weighted by atomic mass is 9.63. The van der Waals surface area contributed by atoms with E-state index >= 15 is 0 Å². The molecule has 3 nitrogen and oxygen atoms in total. The number of ether oxygens (including phenoxy) is 1. The normalized spacial score (nSPS) is 22.6. The first kappa shape index (κ1) is 9.52. The van der Waals surface area contributed by atoms with Gasteiger partial charge in [-0.25, -0.2) is 0 Å². The Labute approximate surface area is 73.3 Å². The highest BCUT2D eigenvalue weighted by Crippen LogP contribution is 2.46. The molecule has 0 aromatic carbocycles. The average molecular weight is 171 g/mol. The van der Waals surface area contributed by atoms with E-state index < -0.39 is 0 Å². The molecular weight excluding hydrogens is 154 g/mol. The minimum Gasteiger partial charge on any atom is -0.469 e. The van der Waals surface area contributed by atoms with Crippen LogP contribution in [0.25, 0.3) is 0 Å². The molecule has 1 unspecified atom stereocenters. The molecule has 2 N–H and O–H groups in total. The first-order chi connectivity index (χ1) is 5.60. The van der Waals surface area contributed by atoms with Crippen LogP contribution < -0.4 is 5.73 Å². The Bertz CT molecular complexity index is 173. The maximum Gasteiger partial charge on any atom is 0.306 e. The maximum atomic E-state index is 11.0. The summed E-state index contributed by atoms with van der Waals surface area (Å²) in [5.41, 5.74) is 5.88. The standard InChI is InChI=1S/C9H17NO2/c1-7(10)9(4-3-5-9)6-8(11)12-2/h7H,3-6,10H2,1-2H3. The number of carbonyl (C=O) groups excluding carboxylic acids is 1. The SMILES string of the molecule is COC(=O)CC1(C(C)N)CCC1. The van der Waals surface area contributed by atoms with Crippen molar-refractivity contribution in [1.82, 2.24) is 0 Å². The van der Waals surface area contributed by atoms with Gasteiger partial charge in [0.15, 0.2) is 0 Å². The molecule has 0 aromatic rings. The van der Waals surface area contributed by atoms with Crippen LogP contribution in [0.3, 0.4) is 0 Å². The van der Waals surface area contributed by atoms with Gasteiger partial charge in [0.2, 0.25) is 0 Å². The van der Waals surface area contributed by atoms with Gasteiger partial charge < -0.3 is 10.5 Å². The van der Waals surface area contributed by atoms with Crippen LogP contribution in [0.2, 0.25) is 0 Å². The van der Waals surface area contributed by atoms with Gasteiger partial charge >= 0.3 is 5.97 Å². The fourth-order valence-corrected chi connectivity index (χ4v) is 1.78. The molecule has 0 saturated heterocycles. The molecule has 1 aliphatic rings. The van der Waals surface area contributed by atoms with Crippen LogP contribution in [0.4, 0.5) is 0 Å². The number of nitrogens with two attached hydrogens (primary N) is 1. The lowest BCUT2D eigenvalue weighted by Gasteiger charge is -2.44. The van der Waals surface area contributed by atoms with Gasteiger partial charge in [-0.05, 0) is 25.2 Å². The number of hydrogen-bond acceptors (Lipinski definition) is 3. The van der Waals surface area contributed by atoms with E-state index in [9.17, 15) is 4.79 Å². The van der Waals surface area contributed by atoms with Crippen molar-refractivity contribution in [1.29, 1.82) is 0 Å². The summed E-state index contributed by atoms with van der Waals surface area (Å²) in [6.07, 6.45) is 3.82. The monoisotopic (exact) mass is 171 g/mol. The van der Waals surface area contributed by atoms with Crippen molar-refractivity contribution in [3.05, 3.63) is 0 Å². The van der Waals surface area contributed by atoms with Gasteiger partial charge in [-0.15, -0.1) is 0 Å². The Hall–Kier alpha value is -0.570. The molecule has 0 amide bonds. The van der Waals surface area contributed by atoms with Gasteiger partial charge in [0, 0.05) is 6.04 Å². The summed E-state index contributed by atoms with van der Waals surface area (Å²) in [5.74, 6) is -0.132. The number of rotatable bonds is 3. The topological polar surface area (TPSA) is 52.3 Å². The Balaban J connectivity index is 2.50. The lowest BCUT2D eigenvalue weighted by molar-refractivity contribution is -0.145. The summed E-state index contributed by atoms with van der Waals surface area (Å²) in [6, 6.07) is 0.102. The molecule has 3 heteroatoms. The second-order valence-corrected chi connectivity index (χ2v) is 3.76. The molecular formula is C9H17NO2. The molecule has 0 aromatic heterocycles. The fraction of sp³-hybridized carbons (Fsp3) is 0.889. The molecule has 0 spiro atoms. The minimum atomic E-state index is -0.132. The molecule has 0 bridgehead atoms. The number of hydrogen-bond donors (Lipinski definition) is 1. The molecule has 1 saturated carbocycles. The van der Waals surface area contributed by atoms with E-state index in [1.165, 1.54) is 13.5 Å². The Morgan fingerprint density at radius 3 is 2.50 bits per heavy atom. The van der Waals surface area contributed by atoms with Crippen molar-refractivity contribution in [3.8, 4) is 0 Å². The quantitative estimate of drug-likeness (QED) is 0.646. The number of esters is 1. The second kappa shape index (κ2) is 3.44. The largest absolute Gasteiger partial charge is 0.469 e. The van der Waals surface area contributed by atoms with Gasteiger partial charge in [0.05, 0.1) is 13.5 Å². The smallest absolute Gasteiger partial charge is 0.306 e. The maximum absolute atomic E-state index is 11.0. The van der Waals surface area contributed by atoms with E-state index in [1.807, 2.05) is 6.92 Å². The zero-order valence-electron chi connectivity index (χ0n) is 7.80. The van der Waals surface area contributed by atoms with Crippen LogP contribution in [0, 0.1) is 5.41 Å². The average Bonchev–Trinajstić information content (AvgIpc) is 1.95. The van der Waals surface area contributed by atoms with Crippen molar-refractivity contribution in [2.24, 2.45) is 11.1 Å². The third-order valence-electron chi connectivity index (χ3n) is 3.04. The Morgan fingerprint density at radius 1 is 1.67 bits per heavy atom. The van der Waals surface area contributed by atoms with Crippen LogP contribution >= 0.6 is 0 Å². The van der Waals surface area contributed by atoms with E-state index in [1.54, 1.807) is 0 Å². The molecule has 0 heterocycles. The summed E-state index contributed by atoms with van der Waals surface area (Å²) < 4.78 is 4.64. The van der Waals surface area contributed by atoms with E-state index in [-0.39, 0.29) is 17.4 Å². The molecule has 1 atom stereocenters. The van der Waals surface area contributed by atoms with Gasteiger partial charge in [-0.1, -0.05) is 6.42 Å². The third kappa shape index (κ3) is 1.61. The number of carbonyl (C=O) groups is 1. The predicted octanol–water partition coefficient (Wildman–Crippen LogP) is 1.07. The van der Waals surface area contributed by atoms with Gasteiger partial charge in [0.1, 0.15) is 0 Å². The van der Waals surface area contributed by atoms with Crippen LogP contribution in [-0.2, 0) is 9.53 Å². The molecule has 0 aliphatic heterocycles. The van der Waals surface area contributed by atoms with Crippen LogP contribution in [-0.4, -0.2) is 19.1 Å². The first-order valence-electron chi connectivity index (χ1n) is 4.43.